The summed E-state index contributed by atoms with van der Waals surface area (Å²) in [5.41, 5.74) is 0.933. The van der Waals surface area contributed by atoms with Crippen molar-refractivity contribution in [3.8, 4) is 0 Å². The van der Waals surface area contributed by atoms with Crippen LogP contribution in [0.25, 0.3) is 0 Å². The molecule has 0 bridgehead atoms. The molecule has 0 saturated heterocycles. The molecule has 1 aromatic carbocycles. The number of carboxylic acid groups (broad SMARTS) is 1. The van der Waals surface area contributed by atoms with E-state index in [-0.39, 0.29) is 0 Å². The number of hydrogen-bond acceptors (Lipinski definition) is 3. The molecular formula is C13H9Br2NO3S. The Bertz CT molecular complexity index is 642. The SMILES string of the molecule is O=C(N[C@@H](C(=O)O)c1ccccc1)c1cc(Br)sc1Br. The van der Waals surface area contributed by atoms with Crippen molar-refractivity contribution in [1.29, 1.82) is 0 Å². The Morgan fingerprint density at radius 2 is 1.85 bits per heavy atom. The number of nitrogens with one attached hydrogen (secondary N) is 1. The van der Waals surface area contributed by atoms with E-state index in [9.17, 15) is 14.7 Å². The highest BCUT2D eigenvalue weighted by Crippen LogP contribution is 2.32. The van der Waals surface area contributed by atoms with Crippen LogP contribution in [0.15, 0.2) is 44.0 Å². The van der Waals surface area contributed by atoms with E-state index in [1.54, 1.807) is 36.4 Å². The van der Waals surface area contributed by atoms with Crippen molar-refractivity contribution >= 4 is 55.1 Å². The fourth-order valence-corrected chi connectivity index (χ4v) is 4.43. The van der Waals surface area contributed by atoms with E-state index >= 15 is 0 Å². The first-order valence-corrected chi connectivity index (χ1v) is 7.92. The van der Waals surface area contributed by atoms with Gasteiger partial charge in [0.15, 0.2) is 6.04 Å². The maximum atomic E-state index is 12.1. The summed E-state index contributed by atoms with van der Waals surface area (Å²) in [6.07, 6.45) is 0. The van der Waals surface area contributed by atoms with Gasteiger partial charge >= 0.3 is 5.97 Å². The Hall–Kier alpha value is -1.18. The quantitative estimate of drug-likeness (QED) is 0.792. The number of halogens is 2. The molecule has 20 heavy (non-hydrogen) atoms. The normalized spacial score (nSPS) is 11.9. The second-order valence-corrected chi connectivity index (χ2v) is 7.64. The van der Waals surface area contributed by atoms with E-state index in [1.807, 2.05) is 0 Å². The molecule has 0 saturated carbocycles. The van der Waals surface area contributed by atoms with Crippen LogP contribution < -0.4 is 5.32 Å². The summed E-state index contributed by atoms with van der Waals surface area (Å²) < 4.78 is 1.44. The summed E-state index contributed by atoms with van der Waals surface area (Å²) in [7, 11) is 0. The lowest BCUT2D eigenvalue weighted by atomic mass is 10.1. The first kappa shape index (κ1) is 15.2. The number of thiophene rings is 1. The van der Waals surface area contributed by atoms with E-state index in [1.165, 1.54) is 11.3 Å². The van der Waals surface area contributed by atoms with Crippen molar-refractivity contribution in [2.24, 2.45) is 0 Å². The second-order valence-electron chi connectivity index (χ2n) is 3.89. The lowest BCUT2D eigenvalue weighted by molar-refractivity contribution is -0.139. The first-order valence-electron chi connectivity index (χ1n) is 5.52. The van der Waals surface area contributed by atoms with E-state index in [4.69, 9.17) is 0 Å². The molecule has 0 spiro atoms. The Kier molecular flexibility index (Phi) is 4.95. The van der Waals surface area contributed by atoms with Gasteiger partial charge in [-0.25, -0.2) is 4.79 Å². The highest BCUT2D eigenvalue weighted by molar-refractivity contribution is 9.12. The lowest BCUT2D eigenvalue weighted by Crippen LogP contribution is -2.33. The van der Waals surface area contributed by atoms with Gasteiger partial charge in [-0.3, -0.25) is 4.79 Å². The molecule has 1 aromatic heterocycles. The molecule has 1 amide bonds. The minimum Gasteiger partial charge on any atom is -0.479 e. The van der Waals surface area contributed by atoms with Gasteiger partial charge in [-0.1, -0.05) is 30.3 Å². The zero-order valence-corrected chi connectivity index (χ0v) is 14.0. The maximum Gasteiger partial charge on any atom is 0.330 e. The third-order valence-electron chi connectivity index (χ3n) is 2.56. The molecule has 0 fully saturated rings. The van der Waals surface area contributed by atoms with Crippen molar-refractivity contribution in [2.45, 2.75) is 6.04 Å². The predicted octanol–water partition coefficient (Wildman–Crippen LogP) is 3.83. The van der Waals surface area contributed by atoms with Gasteiger partial charge in [0.2, 0.25) is 0 Å². The van der Waals surface area contributed by atoms with Crippen LogP contribution in [0.5, 0.6) is 0 Å². The Morgan fingerprint density at radius 1 is 1.20 bits per heavy atom. The largest absolute Gasteiger partial charge is 0.479 e. The lowest BCUT2D eigenvalue weighted by Gasteiger charge is -2.14. The molecule has 7 heteroatoms. The monoisotopic (exact) mass is 417 g/mol. The number of rotatable bonds is 4. The number of benzene rings is 1. The van der Waals surface area contributed by atoms with Crippen LogP contribution in [-0.2, 0) is 4.79 Å². The summed E-state index contributed by atoms with van der Waals surface area (Å²) in [5, 5.41) is 11.8. The van der Waals surface area contributed by atoms with Crippen LogP contribution in [0.2, 0.25) is 0 Å². The van der Waals surface area contributed by atoms with Gasteiger partial charge in [0.25, 0.3) is 5.91 Å². The van der Waals surface area contributed by atoms with Crippen molar-refractivity contribution in [1.82, 2.24) is 5.32 Å². The van der Waals surface area contributed by atoms with Crippen LogP contribution in [-0.4, -0.2) is 17.0 Å². The highest BCUT2D eigenvalue weighted by Gasteiger charge is 2.24. The average molecular weight is 419 g/mol. The van der Waals surface area contributed by atoms with Crippen LogP contribution in [0.4, 0.5) is 0 Å². The third-order valence-corrected chi connectivity index (χ3v) is 4.90. The van der Waals surface area contributed by atoms with E-state index in [2.05, 4.69) is 37.2 Å². The summed E-state index contributed by atoms with van der Waals surface area (Å²) in [5.74, 6) is -1.54. The molecule has 1 heterocycles. The molecular weight excluding hydrogens is 410 g/mol. The van der Waals surface area contributed by atoms with Gasteiger partial charge in [-0.15, -0.1) is 11.3 Å². The van der Waals surface area contributed by atoms with Gasteiger partial charge in [0, 0.05) is 0 Å². The first-order chi connectivity index (χ1) is 9.49. The molecule has 0 aliphatic rings. The summed E-state index contributed by atoms with van der Waals surface area (Å²) in [6, 6.07) is 9.15. The fraction of sp³-hybridized carbons (Fsp3) is 0.0769. The van der Waals surface area contributed by atoms with Crippen molar-refractivity contribution < 1.29 is 14.7 Å². The van der Waals surface area contributed by atoms with Crippen LogP contribution >= 0.6 is 43.2 Å². The second kappa shape index (κ2) is 6.51. The van der Waals surface area contributed by atoms with Crippen molar-refractivity contribution in [2.75, 3.05) is 0 Å². The zero-order chi connectivity index (χ0) is 14.7. The smallest absolute Gasteiger partial charge is 0.330 e. The number of carbonyl (C=O) groups is 2. The van der Waals surface area contributed by atoms with Crippen LogP contribution in [0.3, 0.4) is 0 Å². The minimum absolute atomic E-state index is 0.407. The molecule has 2 N–H and O–H groups in total. The molecule has 104 valence electrons. The third kappa shape index (κ3) is 3.47. The summed E-state index contributed by atoms with van der Waals surface area (Å²) in [4.78, 5) is 23.5. The Morgan fingerprint density at radius 3 is 2.35 bits per heavy atom. The molecule has 2 rings (SSSR count). The maximum absolute atomic E-state index is 12.1. The standard InChI is InChI=1S/C13H9Br2NO3S/c14-9-6-8(11(15)20-9)12(17)16-10(13(18)19)7-4-2-1-3-5-7/h1-6,10H,(H,16,17)(H,18,19)/t10-/m1/s1. The van der Waals surface area contributed by atoms with E-state index < -0.39 is 17.9 Å². The van der Waals surface area contributed by atoms with Crippen LogP contribution in [0.1, 0.15) is 22.0 Å². The molecule has 4 nitrogen and oxygen atoms in total. The van der Waals surface area contributed by atoms with Gasteiger partial charge in [-0.2, -0.15) is 0 Å². The zero-order valence-electron chi connectivity index (χ0n) is 9.97. The number of aliphatic carboxylic acids is 1. The molecule has 0 aliphatic carbocycles. The molecule has 0 unspecified atom stereocenters. The number of amides is 1. The Balaban J connectivity index is 2.23. The van der Waals surface area contributed by atoms with Gasteiger partial charge < -0.3 is 10.4 Å². The summed E-state index contributed by atoms with van der Waals surface area (Å²) >= 11 is 7.92. The van der Waals surface area contributed by atoms with Gasteiger partial charge in [0.1, 0.15) is 0 Å². The summed E-state index contributed by atoms with van der Waals surface area (Å²) in [6.45, 7) is 0. The average Bonchev–Trinajstić information content (AvgIpc) is 2.75. The van der Waals surface area contributed by atoms with Crippen molar-refractivity contribution in [3.63, 3.8) is 0 Å². The number of carboxylic acids is 1. The van der Waals surface area contributed by atoms with Gasteiger partial charge in [-0.05, 0) is 43.5 Å². The molecule has 0 aliphatic heterocycles. The molecule has 2 aromatic rings. The minimum atomic E-state index is -1.10. The topological polar surface area (TPSA) is 66.4 Å². The number of carbonyl (C=O) groups excluding carboxylic acids is 1. The number of hydrogen-bond donors (Lipinski definition) is 2. The van der Waals surface area contributed by atoms with Crippen LogP contribution in [0, 0.1) is 0 Å². The Labute approximate surface area is 136 Å². The predicted molar refractivity (Wildman–Crippen MR) is 84.0 cm³/mol. The molecule has 0 radical (unpaired) electrons. The van der Waals surface area contributed by atoms with E-state index in [0.29, 0.717) is 14.9 Å². The molecule has 1 atom stereocenters. The fourth-order valence-electron chi connectivity index (χ4n) is 1.64. The highest BCUT2D eigenvalue weighted by atomic mass is 79.9. The van der Waals surface area contributed by atoms with Crippen molar-refractivity contribution in [3.05, 3.63) is 55.1 Å². The van der Waals surface area contributed by atoms with Gasteiger partial charge in [0.05, 0.1) is 13.1 Å². The van der Waals surface area contributed by atoms with E-state index in [0.717, 1.165) is 3.79 Å².